The fraction of sp³-hybridized carbons (Fsp3) is 1.00. The Morgan fingerprint density at radius 1 is 1.00 bits per heavy atom. The van der Waals surface area contributed by atoms with E-state index in [4.69, 9.17) is 9.47 Å². The van der Waals surface area contributed by atoms with Crippen LogP contribution in [0.3, 0.4) is 0 Å². The lowest BCUT2D eigenvalue weighted by atomic mass is 10.8. The van der Waals surface area contributed by atoms with Gasteiger partial charge in [0.1, 0.15) is 6.79 Å². The molecule has 1 fully saturated rings. The van der Waals surface area contributed by atoms with Gasteiger partial charge in [-0.2, -0.15) is 0 Å². The standard InChI is InChI=1S/C3H6O2.ClH.H2O/c1-2-5-3-4-1;;/h1-3H2;1H;1H2. The molecular weight excluding hydrogens is 119 g/mol. The molecule has 0 aromatic rings. The van der Waals surface area contributed by atoms with Crippen LogP contribution in [-0.4, -0.2) is 25.5 Å². The van der Waals surface area contributed by atoms with Crippen molar-refractivity contribution in [3.8, 4) is 0 Å². The number of rotatable bonds is 0. The molecule has 7 heavy (non-hydrogen) atoms. The monoisotopic (exact) mass is 128 g/mol. The maximum absolute atomic E-state index is 4.72. The molecule has 0 spiro atoms. The second kappa shape index (κ2) is 6.17. The minimum atomic E-state index is 0. The Hall–Kier alpha value is 0.170. The van der Waals surface area contributed by atoms with E-state index in [1.807, 2.05) is 0 Å². The maximum atomic E-state index is 4.72. The summed E-state index contributed by atoms with van der Waals surface area (Å²) in [4.78, 5) is 0. The largest absolute Gasteiger partial charge is 0.412 e. The zero-order valence-electron chi connectivity index (χ0n) is 3.85. The van der Waals surface area contributed by atoms with E-state index in [0.29, 0.717) is 6.79 Å². The fourth-order valence-corrected chi connectivity index (χ4v) is 0.295. The van der Waals surface area contributed by atoms with Gasteiger partial charge in [0.15, 0.2) is 0 Å². The molecule has 0 aromatic heterocycles. The van der Waals surface area contributed by atoms with Gasteiger partial charge < -0.3 is 14.9 Å². The van der Waals surface area contributed by atoms with Crippen molar-refractivity contribution < 1.29 is 14.9 Å². The van der Waals surface area contributed by atoms with Gasteiger partial charge in [-0.3, -0.25) is 0 Å². The Morgan fingerprint density at radius 2 is 1.43 bits per heavy atom. The first-order chi connectivity index (χ1) is 2.50. The summed E-state index contributed by atoms with van der Waals surface area (Å²) < 4.78 is 9.44. The molecule has 0 aliphatic carbocycles. The SMILES string of the molecule is C1COCO1.Cl.O. The zero-order valence-corrected chi connectivity index (χ0v) is 4.66. The summed E-state index contributed by atoms with van der Waals surface area (Å²) in [5.74, 6) is 0. The van der Waals surface area contributed by atoms with Crippen molar-refractivity contribution in [2.75, 3.05) is 20.0 Å². The molecule has 46 valence electrons. The van der Waals surface area contributed by atoms with Crippen LogP contribution >= 0.6 is 12.4 Å². The quantitative estimate of drug-likeness (QED) is 0.445. The Labute approximate surface area is 48.3 Å². The number of halogens is 1. The molecular formula is C3H9ClO3. The van der Waals surface area contributed by atoms with Crippen molar-refractivity contribution in [1.82, 2.24) is 0 Å². The maximum Gasteiger partial charge on any atom is 0.146 e. The van der Waals surface area contributed by atoms with E-state index in [0.717, 1.165) is 13.2 Å². The summed E-state index contributed by atoms with van der Waals surface area (Å²) in [7, 11) is 0. The summed E-state index contributed by atoms with van der Waals surface area (Å²) in [6, 6.07) is 0. The summed E-state index contributed by atoms with van der Waals surface area (Å²) >= 11 is 0. The molecule has 1 saturated heterocycles. The van der Waals surface area contributed by atoms with Gasteiger partial charge in [0.25, 0.3) is 0 Å². The lowest BCUT2D eigenvalue weighted by Crippen LogP contribution is -1.79. The van der Waals surface area contributed by atoms with Crippen LogP contribution in [0.15, 0.2) is 0 Å². The molecule has 1 aliphatic heterocycles. The van der Waals surface area contributed by atoms with Crippen LogP contribution in [0.25, 0.3) is 0 Å². The van der Waals surface area contributed by atoms with Crippen molar-refractivity contribution >= 4 is 12.4 Å². The van der Waals surface area contributed by atoms with Crippen LogP contribution < -0.4 is 0 Å². The molecule has 0 bridgehead atoms. The molecule has 1 rings (SSSR count). The molecule has 0 saturated carbocycles. The van der Waals surface area contributed by atoms with Crippen LogP contribution in [0, 0.1) is 0 Å². The van der Waals surface area contributed by atoms with Crippen LogP contribution in [0.4, 0.5) is 0 Å². The normalized spacial score (nSPS) is 17.1. The van der Waals surface area contributed by atoms with Gasteiger partial charge in [-0.1, -0.05) is 0 Å². The first kappa shape index (κ1) is 10.2. The highest BCUT2D eigenvalue weighted by atomic mass is 35.5. The van der Waals surface area contributed by atoms with Gasteiger partial charge in [0.2, 0.25) is 0 Å². The highest BCUT2D eigenvalue weighted by Crippen LogP contribution is 1.85. The Morgan fingerprint density at radius 3 is 1.57 bits per heavy atom. The molecule has 0 radical (unpaired) electrons. The molecule has 0 unspecified atom stereocenters. The number of hydrogen-bond donors (Lipinski definition) is 0. The average molecular weight is 129 g/mol. The zero-order chi connectivity index (χ0) is 3.54. The predicted octanol–water partition coefficient (Wildman–Crippen LogP) is -0.412. The van der Waals surface area contributed by atoms with Gasteiger partial charge in [-0.15, -0.1) is 12.4 Å². The average Bonchev–Trinajstić information content (AvgIpc) is 1.76. The smallest absolute Gasteiger partial charge is 0.146 e. The van der Waals surface area contributed by atoms with Crippen LogP contribution in [0.1, 0.15) is 0 Å². The molecule has 1 heterocycles. The third kappa shape index (κ3) is 4.01. The molecule has 4 heteroatoms. The summed E-state index contributed by atoms with van der Waals surface area (Å²) in [5.41, 5.74) is 0. The van der Waals surface area contributed by atoms with Crippen molar-refractivity contribution in [2.24, 2.45) is 0 Å². The van der Waals surface area contributed by atoms with Crippen molar-refractivity contribution in [1.29, 1.82) is 0 Å². The van der Waals surface area contributed by atoms with E-state index in [2.05, 4.69) is 0 Å². The molecule has 0 amide bonds. The molecule has 2 N–H and O–H groups in total. The topological polar surface area (TPSA) is 50.0 Å². The summed E-state index contributed by atoms with van der Waals surface area (Å²) in [6.07, 6.45) is 0. The molecule has 3 nitrogen and oxygen atoms in total. The van der Waals surface area contributed by atoms with Crippen molar-refractivity contribution in [2.45, 2.75) is 0 Å². The highest BCUT2D eigenvalue weighted by Gasteiger charge is 1.93. The van der Waals surface area contributed by atoms with E-state index in [-0.39, 0.29) is 17.9 Å². The first-order valence-corrected chi connectivity index (χ1v) is 1.65. The lowest BCUT2D eigenvalue weighted by Gasteiger charge is -1.76. The second-order valence-electron chi connectivity index (χ2n) is 0.934. The van der Waals surface area contributed by atoms with Gasteiger partial charge >= 0.3 is 0 Å². The van der Waals surface area contributed by atoms with Gasteiger partial charge in [0.05, 0.1) is 13.2 Å². The fourth-order valence-electron chi connectivity index (χ4n) is 0.295. The Kier molecular flexibility index (Phi) is 9.00. The molecule has 0 atom stereocenters. The Bertz CT molecular complexity index is 21.8. The second-order valence-corrected chi connectivity index (χ2v) is 0.934. The summed E-state index contributed by atoms with van der Waals surface area (Å²) in [5, 5.41) is 0. The highest BCUT2D eigenvalue weighted by molar-refractivity contribution is 5.85. The van der Waals surface area contributed by atoms with E-state index in [1.165, 1.54) is 0 Å². The minimum absolute atomic E-state index is 0. The van der Waals surface area contributed by atoms with Crippen LogP contribution in [0.2, 0.25) is 0 Å². The van der Waals surface area contributed by atoms with Crippen molar-refractivity contribution in [3.05, 3.63) is 0 Å². The van der Waals surface area contributed by atoms with Gasteiger partial charge in [-0.25, -0.2) is 0 Å². The van der Waals surface area contributed by atoms with Crippen LogP contribution in [0.5, 0.6) is 0 Å². The van der Waals surface area contributed by atoms with Crippen LogP contribution in [-0.2, 0) is 9.47 Å². The molecule has 0 aromatic carbocycles. The molecule has 1 aliphatic rings. The van der Waals surface area contributed by atoms with E-state index >= 15 is 0 Å². The number of hydrogen-bond acceptors (Lipinski definition) is 2. The van der Waals surface area contributed by atoms with E-state index in [9.17, 15) is 0 Å². The third-order valence-corrected chi connectivity index (χ3v) is 0.539. The first-order valence-electron chi connectivity index (χ1n) is 1.65. The Balaban J connectivity index is 0. The van der Waals surface area contributed by atoms with Gasteiger partial charge in [-0.05, 0) is 0 Å². The van der Waals surface area contributed by atoms with E-state index in [1.54, 1.807) is 0 Å². The third-order valence-electron chi connectivity index (χ3n) is 0.539. The lowest BCUT2D eigenvalue weighted by molar-refractivity contribution is 0.0692. The minimum Gasteiger partial charge on any atom is -0.412 e. The van der Waals surface area contributed by atoms with Crippen molar-refractivity contribution in [3.63, 3.8) is 0 Å². The number of ether oxygens (including phenoxy) is 2. The van der Waals surface area contributed by atoms with Gasteiger partial charge in [0, 0.05) is 0 Å². The van der Waals surface area contributed by atoms with E-state index < -0.39 is 0 Å². The predicted molar refractivity (Wildman–Crippen MR) is 27.6 cm³/mol. The summed E-state index contributed by atoms with van der Waals surface area (Å²) in [6.45, 7) is 2.06.